The maximum absolute atomic E-state index is 5.96. The number of para-hydroxylation sites is 2. The molecule has 0 aliphatic carbocycles. The molecule has 0 spiro atoms. The Morgan fingerprint density at radius 2 is 1.79 bits per heavy atom. The maximum atomic E-state index is 5.96. The quantitative estimate of drug-likeness (QED) is 0.865. The van der Waals surface area contributed by atoms with Crippen LogP contribution in [0.3, 0.4) is 0 Å². The Morgan fingerprint density at radius 1 is 1.11 bits per heavy atom. The van der Waals surface area contributed by atoms with Crippen molar-refractivity contribution in [3.8, 4) is 11.5 Å². The fourth-order valence-corrected chi connectivity index (χ4v) is 1.81. The zero-order valence-electron chi connectivity index (χ0n) is 11.0. The van der Waals surface area contributed by atoms with Gasteiger partial charge in [-0.1, -0.05) is 12.1 Å². The van der Waals surface area contributed by atoms with Crippen molar-refractivity contribution >= 4 is 0 Å². The van der Waals surface area contributed by atoms with Crippen molar-refractivity contribution in [1.29, 1.82) is 0 Å². The molecule has 4 nitrogen and oxygen atoms in total. The highest BCUT2D eigenvalue weighted by atomic mass is 16.5. The Balaban J connectivity index is 2.19. The van der Waals surface area contributed by atoms with Gasteiger partial charge in [0.05, 0.1) is 6.61 Å². The van der Waals surface area contributed by atoms with Crippen LogP contribution in [0.25, 0.3) is 0 Å². The molecule has 2 aromatic rings. The molecule has 4 heteroatoms. The second-order valence-electron chi connectivity index (χ2n) is 4.00. The lowest BCUT2D eigenvalue weighted by molar-refractivity contribution is 0.200. The smallest absolute Gasteiger partial charge is 0.162 e. The molecule has 19 heavy (non-hydrogen) atoms. The van der Waals surface area contributed by atoms with E-state index in [0.717, 1.165) is 11.3 Å². The highest BCUT2D eigenvalue weighted by molar-refractivity contribution is 5.40. The van der Waals surface area contributed by atoms with Gasteiger partial charge in [-0.3, -0.25) is 4.98 Å². The third-order valence-corrected chi connectivity index (χ3v) is 2.71. The normalized spacial score (nSPS) is 11.9. The topological polar surface area (TPSA) is 57.4 Å². The minimum Gasteiger partial charge on any atom is -0.490 e. The molecule has 0 aliphatic heterocycles. The summed E-state index contributed by atoms with van der Waals surface area (Å²) in [5, 5.41) is 0. The molecule has 1 aromatic heterocycles. The van der Waals surface area contributed by atoms with Gasteiger partial charge in [-0.2, -0.15) is 0 Å². The SMILES string of the molecule is CCOc1ccccc1OC(CN)c1ccncc1. The van der Waals surface area contributed by atoms with Gasteiger partial charge in [-0.05, 0) is 36.8 Å². The summed E-state index contributed by atoms with van der Waals surface area (Å²) in [7, 11) is 0. The fourth-order valence-electron chi connectivity index (χ4n) is 1.81. The largest absolute Gasteiger partial charge is 0.490 e. The maximum Gasteiger partial charge on any atom is 0.162 e. The summed E-state index contributed by atoms with van der Waals surface area (Å²) in [6, 6.07) is 11.4. The molecule has 100 valence electrons. The summed E-state index contributed by atoms with van der Waals surface area (Å²) < 4.78 is 11.5. The molecule has 0 bridgehead atoms. The van der Waals surface area contributed by atoms with Crippen LogP contribution in [0.4, 0.5) is 0 Å². The Morgan fingerprint density at radius 3 is 2.42 bits per heavy atom. The molecule has 0 saturated carbocycles. The van der Waals surface area contributed by atoms with E-state index in [1.54, 1.807) is 12.4 Å². The number of pyridine rings is 1. The van der Waals surface area contributed by atoms with Gasteiger partial charge in [-0.15, -0.1) is 0 Å². The third kappa shape index (κ3) is 3.45. The lowest BCUT2D eigenvalue weighted by atomic mass is 10.1. The van der Waals surface area contributed by atoms with Gasteiger partial charge in [0.2, 0.25) is 0 Å². The van der Waals surface area contributed by atoms with Gasteiger partial charge in [0.15, 0.2) is 11.5 Å². The standard InChI is InChI=1S/C15H18N2O2/c1-2-18-13-5-3-4-6-14(13)19-15(11-16)12-7-9-17-10-8-12/h3-10,15H,2,11,16H2,1H3. The number of nitrogens with two attached hydrogens (primary N) is 1. The summed E-state index contributed by atoms with van der Waals surface area (Å²) in [4.78, 5) is 4.00. The van der Waals surface area contributed by atoms with Crippen LogP contribution in [0.1, 0.15) is 18.6 Å². The van der Waals surface area contributed by atoms with Crippen LogP contribution in [0, 0.1) is 0 Å². The molecule has 0 radical (unpaired) electrons. The summed E-state index contributed by atoms with van der Waals surface area (Å²) in [6.07, 6.45) is 3.26. The van der Waals surface area contributed by atoms with Gasteiger partial charge >= 0.3 is 0 Å². The van der Waals surface area contributed by atoms with E-state index in [2.05, 4.69) is 4.98 Å². The Hall–Kier alpha value is -2.07. The summed E-state index contributed by atoms with van der Waals surface area (Å²) in [5.41, 5.74) is 6.79. The average Bonchev–Trinajstić information content (AvgIpc) is 2.47. The van der Waals surface area contributed by atoms with Crippen LogP contribution >= 0.6 is 0 Å². The molecular formula is C15H18N2O2. The Kier molecular flexibility index (Phi) is 4.75. The van der Waals surface area contributed by atoms with E-state index < -0.39 is 0 Å². The van der Waals surface area contributed by atoms with Crippen molar-refractivity contribution < 1.29 is 9.47 Å². The molecule has 0 saturated heterocycles. The summed E-state index contributed by atoms with van der Waals surface area (Å²) >= 11 is 0. The number of aromatic nitrogens is 1. The zero-order valence-corrected chi connectivity index (χ0v) is 11.0. The van der Waals surface area contributed by atoms with Crippen LogP contribution in [-0.2, 0) is 0 Å². The number of benzene rings is 1. The first-order valence-electron chi connectivity index (χ1n) is 6.33. The number of hydrogen-bond acceptors (Lipinski definition) is 4. The number of nitrogens with zero attached hydrogens (tertiary/aromatic N) is 1. The first kappa shape index (κ1) is 13.4. The summed E-state index contributed by atoms with van der Waals surface area (Å²) in [5.74, 6) is 1.44. The lowest BCUT2D eigenvalue weighted by Gasteiger charge is -2.19. The number of ether oxygens (including phenoxy) is 2. The van der Waals surface area contributed by atoms with E-state index in [4.69, 9.17) is 15.2 Å². The van der Waals surface area contributed by atoms with Crippen molar-refractivity contribution in [2.75, 3.05) is 13.2 Å². The molecule has 0 aliphatic rings. The molecule has 1 heterocycles. The minimum absolute atomic E-state index is 0.204. The van der Waals surface area contributed by atoms with Gasteiger partial charge in [0, 0.05) is 18.9 Å². The third-order valence-electron chi connectivity index (χ3n) is 2.71. The van der Waals surface area contributed by atoms with E-state index in [0.29, 0.717) is 18.9 Å². The fraction of sp³-hybridized carbons (Fsp3) is 0.267. The van der Waals surface area contributed by atoms with Crippen molar-refractivity contribution in [2.45, 2.75) is 13.0 Å². The van der Waals surface area contributed by atoms with Crippen LogP contribution in [0.2, 0.25) is 0 Å². The molecule has 1 unspecified atom stereocenters. The molecular weight excluding hydrogens is 240 g/mol. The van der Waals surface area contributed by atoms with Crippen LogP contribution in [-0.4, -0.2) is 18.1 Å². The van der Waals surface area contributed by atoms with Gasteiger partial charge in [0.1, 0.15) is 6.10 Å². The van der Waals surface area contributed by atoms with E-state index in [1.165, 1.54) is 0 Å². The monoisotopic (exact) mass is 258 g/mol. The van der Waals surface area contributed by atoms with Gasteiger partial charge in [-0.25, -0.2) is 0 Å². The first-order chi connectivity index (χ1) is 9.35. The van der Waals surface area contributed by atoms with E-state index in [1.807, 2.05) is 43.3 Å². The second-order valence-corrected chi connectivity index (χ2v) is 4.00. The highest BCUT2D eigenvalue weighted by Gasteiger charge is 2.13. The number of hydrogen-bond donors (Lipinski definition) is 1. The van der Waals surface area contributed by atoms with Crippen LogP contribution < -0.4 is 15.2 Å². The predicted octanol–water partition coefficient (Wildman–Crippen LogP) is 2.56. The Bertz CT molecular complexity index is 503. The molecule has 1 aromatic carbocycles. The number of rotatable bonds is 6. The van der Waals surface area contributed by atoms with Crippen molar-refractivity contribution in [3.63, 3.8) is 0 Å². The molecule has 1 atom stereocenters. The average molecular weight is 258 g/mol. The minimum atomic E-state index is -0.204. The molecule has 0 fully saturated rings. The van der Waals surface area contributed by atoms with Crippen molar-refractivity contribution in [3.05, 3.63) is 54.4 Å². The van der Waals surface area contributed by atoms with Crippen molar-refractivity contribution in [2.24, 2.45) is 5.73 Å². The van der Waals surface area contributed by atoms with E-state index in [9.17, 15) is 0 Å². The van der Waals surface area contributed by atoms with Crippen LogP contribution in [0.15, 0.2) is 48.8 Å². The van der Waals surface area contributed by atoms with Crippen LogP contribution in [0.5, 0.6) is 11.5 Å². The highest BCUT2D eigenvalue weighted by Crippen LogP contribution is 2.30. The molecule has 2 rings (SSSR count). The predicted molar refractivity (Wildman–Crippen MR) is 74.3 cm³/mol. The first-order valence-corrected chi connectivity index (χ1v) is 6.33. The van der Waals surface area contributed by atoms with E-state index >= 15 is 0 Å². The van der Waals surface area contributed by atoms with Gasteiger partial charge < -0.3 is 15.2 Å². The lowest BCUT2D eigenvalue weighted by Crippen LogP contribution is -2.18. The molecule has 0 amide bonds. The second kappa shape index (κ2) is 6.75. The van der Waals surface area contributed by atoms with E-state index in [-0.39, 0.29) is 6.10 Å². The Labute approximate surface area is 113 Å². The molecule has 2 N–H and O–H groups in total. The summed E-state index contributed by atoms with van der Waals surface area (Å²) in [6.45, 7) is 2.94. The van der Waals surface area contributed by atoms with Crippen molar-refractivity contribution in [1.82, 2.24) is 4.98 Å². The van der Waals surface area contributed by atoms with Gasteiger partial charge in [0.25, 0.3) is 0 Å². The zero-order chi connectivity index (χ0) is 13.5.